The van der Waals surface area contributed by atoms with Crippen molar-refractivity contribution < 1.29 is 0 Å². The van der Waals surface area contributed by atoms with Crippen LogP contribution in [0.3, 0.4) is 0 Å². The lowest BCUT2D eigenvalue weighted by molar-refractivity contribution is 1.06. The molecular formula is C30H26N4. The molecule has 0 saturated carbocycles. The van der Waals surface area contributed by atoms with E-state index >= 15 is 0 Å². The average molecular weight is 443 g/mol. The molecule has 0 unspecified atom stereocenters. The van der Waals surface area contributed by atoms with Crippen LogP contribution in [0.4, 0.5) is 17.2 Å². The van der Waals surface area contributed by atoms with Crippen LogP contribution in [-0.4, -0.2) is 16.2 Å². The predicted molar refractivity (Wildman–Crippen MR) is 142 cm³/mol. The standard InChI is InChI=1S/C30H26N4/c1-4-5-15-31-22(3)24-19-27(26-11-8-9-16-32-26)33-30(20-24)34-28-12-7-6-10-23(28)18-25-17-21(2)13-14-29(25)34/h4-17,19-20H,3,18H2,1-2H3/b5-4-,31-15?. The van der Waals surface area contributed by atoms with Gasteiger partial charge < -0.3 is 0 Å². The Balaban J connectivity index is 1.72. The molecule has 0 bridgehead atoms. The smallest absolute Gasteiger partial charge is 0.139 e. The molecule has 1 aliphatic heterocycles. The van der Waals surface area contributed by atoms with Crippen LogP contribution >= 0.6 is 0 Å². The first-order chi connectivity index (χ1) is 16.6. The van der Waals surface area contributed by atoms with Gasteiger partial charge in [-0.05, 0) is 67.4 Å². The monoisotopic (exact) mass is 442 g/mol. The fourth-order valence-corrected chi connectivity index (χ4v) is 4.27. The molecule has 2 aromatic carbocycles. The third-order valence-electron chi connectivity index (χ3n) is 5.90. The van der Waals surface area contributed by atoms with E-state index in [1.165, 1.54) is 16.7 Å². The lowest BCUT2D eigenvalue weighted by Crippen LogP contribution is -2.20. The van der Waals surface area contributed by atoms with Crippen molar-refractivity contribution >= 4 is 29.1 Å². The number of rotatable bonds is 5. The topological polar surface area (TPSA) is 41.4 Å². The van der Waals surface area contributed by atoms with Crippen molar-refractivity contribution in [1.29, 1.82) is 0 Å². The lowest BCUT2D eigenvalue weighted by Gasteiger charge is -2.33. The van der Waals surface area contributed by atoms with Crippen molar-refractivity contribution in [2.24, 2.45) is 4.99 Å². The molecule has 34 heavy (non-hydrogen) atoms. The summed E-state index contributed by atoms with van der Waals surface area (Å²) in [5.41, 5.74) is 9.27. The number of aliphatic imine (C=N–C) groups is 1. The summed E-state index contributed by atoms with van der Waals surface area (Å²) in [6, 6.07) is 25.1. The number of aryl methyl sites for hydroxylation is 1. The summed E-state index contributed by atoms with van der Waals surface area (Å²) in [6.07, 6.45) is 8.29. The quantitative estimate of drug-likeness (QED) is 0.266. The predicted octanol–water partition coefficient (Wildman–Crippen LogP) is 7.44. The summed E-state index contributed by atoms with van der Waals surface area (Å²) >= 11 is 0. The van der Waals surface area contributed by atoms with E-state index in [4.69, 9.17) is 4.98 Å². The van der Waals surface area contributed by atoms with Gasteiger partial charge in [-0.1, -0.05) is 54.6 Å². The number of hydrogen-bond acceptors (Lipinski definition) is 4. The molecule has 0 spiro atoms. The van der Waals surface area contributed by atoms with Gasteiger partial charge in [-0.15, -0.1) is 0 Å². The molecule has 4 aromatic rings. The van der Waals surface area contributed by atoms with Gasteiger partial charge in [0.25, 0.3) is 0 Å². The molecule has 0 radical (unpaired) electrons. The number of anilines is 3. The number of pyridine rings is 2. The van der Waals surface area contributed by atoms with Crippen molar-refractivity contribution in [3.63, 3.8) is 0 Å². The third kappa shape index (κ3) is 4.18. The Morgan fingerprint density at radius 2 is 1.76 bits per heavy atom. The van der Waals surface area contributed by atoms with E-state index in [0.717, 1.165) is 40.6 Å². The van der Waals surface area contributed by atoms with E-state index in [1.54, 1.807) is 12.4 Å². The van der Waals surface area contributed by atoms with Crippen molar-refractivity contribution in [3.8, 4) is 11.4 Å². The SMILES string of the molecule is C=C(N=C/C=C\C)c1cc(-c2ccccn2)nc(N2c3ccccc3Cc3cc(C)ccc32)c1. The highest BCUT2D eigenvalue weighted by molar-refractivity contribution is 5.85. The molecule has 0 N–H and O–H groups in total. The van der Waals surface area contributed by atoms with Crippen molar-refractivity contribution in [2.75, 3.05) is 4.90 Å². The number of benzene rings is 2. The molecule has 4 nitrogen and oxygen atoms in total. The highest BCUT2D eigenvalue weighted by atomic mass is 15.2. The van der Waals surface area contributed by atoms with E-state index in [-0.39, 0.29) is 0 Å². The minimum Gasteiger partial charge on any atom is -0.294 e. The van der Waals surface area contributed by atoms with Crippen molar-refractivity contribution in [2.45, 2.75) is 20.3 Å². The molecule has 4 heteroatoms. The van der Waals surface area contributed by atoms with Gasteiger partial charge in [-0.2, -0.15) is 0 Å². The minimum atomic E-state index is 0.674. The highest BCUT2D eigenvalue weighted by Crippen LogP contribution is 2.44. The summed E-state index contributed by atoms with van der Waals surface area (Å²) in [4.78, 5) is 16.4. The molecular weight excluding hydrogens is 416 g/mol. The Morgan fingerprint density at radius 1 is 0.941 bits per heavy atom. The summed E-state index contributed by atoms with van der Waals surface area (Å²) in [6.45, 7) is 8.32. The number of fused-ring (bicyclic) bond motifs is 2. The van der Waals surface area contributed by atoms with Crippen molar-refractivity contribution in [1.82, 2.24) is 9.97 Å². The van der Waals surface area contributed by atoms with E-state index in [2.05, 4.69) is 76.9 Å². The molecule has 0 atom stereocenters. The number of para-hydroxylation sites is 1. The van der Waals surface area contributed by atoms with Crippen LogP contribution in [0.15, 0.2) is 103 Å². The second-order valence-electron chi connectivity index (χ2n) is 8.34. The van der Waals surface area contributed by atoms with Crippen LogP contribution < -0.4 is 4.90 Å². The van der Waals surface area contributed by atoms with Crippen LogP contribution in [0, 0.1) is 6.92 Å². The number of aromatic nitrogens is 2. The van der Waals surface area contributed by atoms with Gasteiger partial charge in [0.15, 0.2) is 0 Å². The first-order valence-electron chi connectivity index (χ1n) is 11.4. The Hall–Kier alpha value is -4.31. The first-order valence-corrected chi connectivity index (χ1v) is 11.4. The van der Waals surface area contributed by atoms with Crippen LogP contribution in [-0.2, 0) is 6.42 Å². The summed E-state index contributed by atoms with van der Waals surface area (Å²) in [7, 11) is 0. The Morgan fingerprint density at radius 3 is 2.59 bits per heavy atom. The molecule has 0 saturated heterocycles. The minimum absolute atomic E-state index is 0.674. The van der Waals surface area contributed by atoms with Gasteiger partial charge in [-0.25, -0.2) is 4.98 Å². The van der Waals surface area contributed by atoms with Gasteiger partial charge >= 0.3 is 0 Å². The van der Waals surface area contributed by atoms with Crippen LogP contribution in [0.5, 0.6) is 0 Å². The maximum Gasteiger partial charge on any atom is 0.139 e. The van der Waals surface area contributed by atoms with Crippen LogP contribution in [0.2, 0.25) is 0 Å². The second-order valence-corrected chi connectivity index (χ2v) is 8.34. The number of nitrogens with zero attached hydrogens (tertiary/aromatic N) is 4. The maximum absolute atomic E-state index is 5.08. The van der Waals surface area contributed by atoms with Gasteiger partial charge in [0.05, 0.1) is 28.5 Å². The van der Waals surface area contributed by atoms with Crippen molar-refractivity contribution in [3.05, 3.63) is 120 Å². The van der Waals surface area contributed by atoms with Crippen LogP contribution in [0.1, 0.15) is 29.2 Å². The molecule has 0 aliphatic carbocycles. The number of hydrogen-bond donors (Lipinski definition) is 0. The molecule has 5 rings (SSSR count). The molecule has 0 fully saturated rings. The highest BCUT2D eigenvalue weighted by Gasteiger charge is 2.25. The van der Waals surface area contributed by atoms with E-state index in [9.17, 15) is 0 Å². The fourth-order valence-electron chi connectivity index (χ4n) is 4.27. The normalized spacial score (nSPS) is 12.7. The Bertz CT molecular complexity index is 1420. The van der Waals surface area contributed by atoms with E-state index in [1.807, 2.05) is 43.3 Å². The summed E-state index contributed by atoms with van der Waals surface area (Å²) in [5, 5.41) is 0. The molecule has 1 aliphatic rings. The Kier molecular flexibility index (Phi) is 5.88. The van der Waals surface area contributed by atoms with Gasteiger partial charge in [0.2, 0.25) is 0 Å². The molecule has 166 valence electrons. The van der Waals surface area contributed by atoms with E-state index < -0.39 is 0 Å². The third-order valence-corrected chi connectivity index (χ3v) is 5.90. The Labute approximate surface area is 200 Å². The zero-order chi connectivity index (χ0) is 23.5. The maximum atomic E-state index is 5.08. The van der Waals surface area contributed by atoms with Crippen LogP contribution in [0.25, 0.3) is 17.1 Å². The zero-order valence-corrected chi connectivity index (χ0v) is 19.4. The van der Waals surface area contributed by atoms with Gasteiger partial charge in [0, 0.05) is 24.4 Å². The molecule has 0 amide bonds. The largest absolute Gasteiger partial charge is 0.294 e. The fraction of sp³-hybridized carbons (Fsp3) is 0.100. The lowest BCUT2D eigenvalue weighted by atomic mass is 9.94. The molecule has 2 aromatic heterocycles. The molecule has 3 heterocycles. The second kappa shape index (κ2) is 9.28. The number of allylic oxidation sites excluding steroid dienone is 2. The first kappa shape index (κ1) is 21.5. The van der Waals surface area contributed by atoms with Gasteiger partial charge in [0.1, 0.15) is 5.82 Å². The zero-order valence-electron chi connectivity index (χ0n) is 19.4. The van der Waals surface area contributed by atoms with Gasteiger partial charge in [-0.3, -0.25) is 14.9 Å². The summed E-state index contributed by atoms with van der Waals surface area (Å²) in [5.74, 6) is 0.817. The summed E-state index contributed by atoms with van der Waals surface area (Å²) < 4.78 is 0. The van der Waals surface area contributed by atoms with E-state index in [0.29, 0.717) is 5.70 Å². The average Bonchev–Trinajstić information content (AvgIpc) is 2.87.